The molecule has 2 N–H and O–H groups in total. The number of benzene rings is 1. The highest BCUT2D eigenvalue weighted by Gasteiger charge is 2.29. The molecule has 2 heteroatoms. The van der Waals surface area contributed by atoms with Crippen molar-refractivity contribution in [2.24, 2.45) is 0 Å². The van der Waals surface area contributed by atoms with Gasteiger partial charge in [0.15, 0.2) is 0 Å². The van der Waals surface area contributed by atoms with Crippen molar-refractivity contribution >= 4 is 5.57 Å². The summed E-state index contributed by atoms with van der Waals surface area (Å²) in [6.07, 6.45) is 3.85. The highest BCUT2D eigenvalue weighted by atomic mass is 16.3. The van der Waals surface area contributed by atoms with Gasteiger partial charge in [0.25, 0.3) is 0 Å². The molecule has 1 aliphatic carbocycles. The Bertz CT molecular complexity index is 413. The van der Waals surface area contributed by atoms with E-state index in [-0.39, 0.29) is 5.76 Å². The smallest absolute Gasteiger partial charge is 0.124 e. The van der Waals surface area contributed by atoms with Crippen molar-refractivity contribution in [3.8, 4) is 0 Å². The van der Waals surface area contributed by atoms with Crippen molar-refractivity contribution in [3.05, 3.63) is 53.8 Å². The fraction of sp³-hybridized carbons (Fsp3) is 0.231. The highest BCUT2D eigenvalue weighted by molar-refractivity contribution is 5.69. The van der Waals surface area contributed by atoms with Crippen LogP contribution in [-0.4, -0.2) is 15.8 Å². The minimum atomic E-state index is -1.14. The van der Waals surface area contributed by atoms with Gasteiger partial charge in [0.05, 0.1) is 0 Å². The first kappa shape index (κ1) is 9.99. The van der Waals surface area contributed by atoms with Crippen molar-refractivity contribution in [1.82, 2.24) is 0 Å². The summed E-state index contributed by atoms with van der Waals surface area (Å²) in [6.45, 7) is 1.62. The van der Waals surface area contributed by atoms with E-state index in [9.17, 15) is 10.2 Å². The number of aliphatic hydroxyl groups is 2. The van der Waals surface area contributed by atoms with Gasteiger partial charge in [-0.25, -0.2) is 0 Å². The molecule has 0 fully saturated rings. The van der Waals surface area contributed by atoms with E-state index in [0.717, 1.165) is 11.1 Å². The molecule has 1 aromatic carbocycles. The van der Waals surface area contributed by atoms with Crippen LogP contribution in [0.5, 0.6) is 0 Å². The van der Waals surface area contributed by atoms with Crippen molar-refractivity contribution in [3.63, 3.8) is 0 Å². The van der Waals surface area contributed by atoms with Crippen LogP contribution in [0.4, 0.5) is 0 Å². The molecule has 0 amide bonds. The Hall–Kier alpha value is -1.54. The Morgan fingerprint density at radius 2 is 1.80 bits per heavy atom. The molecule has 1 aliphatic rings. The molecular weight excluding hydrogens is 188 g/mol. The maximum atomic E-state index is 9.92. The zero-order valence-corrected chi connectivity index (χ0v) is 8.64. The van der Waals surface area contributed by atoms with E-state index in [1.54, 1.807) is 13.0 Å². The second kappa shape index (κ2) is 3.55. The molecule has 1 unspecified atom stereocenters. The van der Waals surface area contributed by atoms with Gasteiger partial charge in [-0.2, -0.15) is 0 Å². The summed E-state index contributed by atoms with van der Waals surface area (Å²) in [4.78, 5) is 0. The van der Waals surface area contributed by atoms with Gasteiger partial charge in [-0.1, -0.05) is 36.4 Å². The summed E-state index contributed by atoms with van der Waals surface area (Å²) in [6, 6.07) is 9.88. The van der Waals surface area contributed by atoms with Gasteiger partial charge in [-0.3, -0.25) is 0 Å². The molecule has 0 bridgehead atoms. The summed E-state index contributed by atoms with van der Waals surface area (Å²) in [7, 11) is 0. The predicted molar refractivity (Wildman–Crippen MR) is 60.4 cm³/mol. The van der Waals surface area contributed by atoms with Gasteiger partial charge in [0, 0.05) is 6.42 Å². The summed E-state index contributed by atoms with van der Waals surface area (Å²) >= 11 is 0. The lowest BCUT2D eigenvalue weighted by Gasteiger charge is -2.27. The zero-order chi connectivity index (χ0) is 10.9. The van der Waals surface area contributed by atoms with Gasteiger partial charge in [0.2, 0.25) is 0 Å². The third-order valence-electron chi connectivity index (χ3n) is 2.67. The van der Waals surface area contributed by atoms with Crippen LogP contribution in [0.3, 0.4) is 0 Å². The Morgan fingerprint density at radius 1 is 1.13 bits per heavy atom. The monoisotopic (exact) mass is 202 g/mol. The number of rotatable bonds is 1. The van der Waals surface area contributed by atoms with Crippen molar-refractivity contribution in [2.45, 2.75) is 18.9 Å². The van der Waals surface area contributed by atoms with Crippen LogP contribution in [0.25, 0.3) is 5.57 Å². The van der Waals surface area contributed by atoms with E-state index in [2.05, 4.69) is 0 Å². The van der Waals surface area contributed by atoms with Crippen LogP contribution in [0.15, 0.2) is 48.2 Å². The van der Waals surface area contributed by atoms with Crippen molar-refractivity contribution in [2.75, 3.05) is 0 Å². The Labute approximate surface area is 89.2 Å². The Balaban J connectivity index is 2.35. The minimum Gasteiger partial charge on any atom is -0.509 e. The maximum Gasteiger partial charge on any atom is 0.124 e. The second-order valence-electron chi connectivity index (χ2n) is 4.06. The van der Waals surface area contributed by atoms with Gasteiger partial charge in [0.1, 0.15) is 11.4 Å². The van der Waals surface area contributed by atoms with Crippen LogP contribution in [-0.2, 0) is 0 Å². The molecule has 78 valence electrons. The molecule has 1 atom stereocenters. The van der Waals surface area contributed by atoms with Crippen LogP contribution >= 0.6 is 0 Å². The number of hydrogen-bond donors (Lipinski definition) is 2. The van der Waals surface area contributed by atoms with Crippen molar-refractivity contribution < 1.29 is 10.2 Å². The van der Waals surface area contributed by atoms with E-state index in [4.69, 9.17) is 0 Å². The van der Waals surface area contributed by atoms with Gasteiger partial charge in [-0.05, 0) is 24.1 Å². The van der Waals surface area contributed by atoms with E-state index < -0.39 is 5.60 Å². The summed E-state index contributed by atoms with van der Waals surface area (Å²) in [5.74, 6) is 0.0298. The molecule has 0 spiro atoms. The first-order chi connectivity index (χ1) is 7.09. The molecule has 0 aliphatic heterocycles. The first-order valence-corrected chi connectivity index (χ1v) is 4.98. The Morgan fingerprint density at radius 3 is 2.40 bits per heavy atom. The average molecular weight is 202 g/mol. The summed E-state index contributed by atoms with van der Waals surface area (Å²) < 4.78 is 0. The molecular formula is C13H14O2. The van der Waals surface area contributed by atoms with Crippen LogP contribution in [0.2, 0.25) is 0 Å². The molecule has 0 saturated carbocycles. The number of aliphatic hydroxyl groups excluding tert-OH is 1. The second-order valence-corrected chi connectivity index (χ2v) is 4.06. The molecule has 0 radical (unpaired) electrons. The predicted octanol–water partition coefficient (Wildman–Crippen LogP) is 2.67. The fourth-order valence-electron chi connectivity index (χ4n) is 1.73. The summed E-state index contributed by atoms with van der Waals surface area (Å²) in [5.41, 5.74) is 0.986. The topological polar surface area (TPSA) is 40.5 Å². The molecule has 1 aromatic rings. The number of allylic oxidation sites excluding steroid dienone is 2. The number of hydrogen-bond acceptors (Lipinski definition) is 2. The maximum absolute atomic E-state index is 9.92. The van der Waals surface area contributed by atoms with Crippen LogP contribution in [0.1, 0.15) is 18.9 Å². The molecule has 0 aromatic heterocycles. The van der Waals surface area contributed by atoms with Crippen molar-refractivity contribution in [1.29, 1.82) is 0 Å². The molecule has 0 saturated heterocycles. The molecule has 2 nitrogen and oxygen atoms in total. The molecule has 15 heavy (non-hydrogen) atoms. The molecule has 0 heterocycles. The molecule has 2 rings (SSSR count). The van der Waals surface area contributed by atoms with E-state index in [1.807, 2.05) is 36.4 Å². The van der Waals surface area contributed by atoms with E-state index in [0.29, 0.717) is 6.42 Å². The largest absolute Gasteiger partial charge is 0.509 e. The minimum absolute atomic E-state index is 0.0298. The Kier molecular flexibility index (Phi) is 2.37. The standard InChI is InChI=1S/C13H14O2/c1-13(15)9-11(7-8-12(13)14)10-5-3-2-4-6-10/h2-8,14-15H,9H2,1H3. The normalized spacial score (nSPS) is 25.7. The first-order valence-electron chi connectivity index (χ1n) is 4.98. The zero-order valence-electron chi connectivity index (χ0n) is 8.64. The quantitative estimate of drug-likeness (QED) is 0.735. The SMILES string of the molecule is CC1(O)CC(c2ccccc2)=CC=C1O. The summed E-state index contributed by atoms with van der Waals surface area (Å²) in [5, 5.41) is 19.4. The highest BCUT2D eigenvalue weighted by Crippen LogP contribution is 2.32. The van der Waals surface area contributed by atoms with Crippen LogP contribution < -0.4 is 0 Å². The average Bonchev–Trinajstić information content (AvgIpc) is 2.23. The lowest BCUT2D eigenvalue weighted by atomic mass is 9.86. The lowest BCUT2D eigenvalue weighted by molar-refractivity contribution is 0.0565. The lowest BCUT2D eigenvalue weighted by Crippen LogP contribution is -2.28. The van der Waals surface area contributed by atoms with Gasteiger partial charge >= 0.3 is 0 Å². The van der Waals surface area contributed by atoms with Gasteiger partial charge < -0.3 is 10.2 Å². The van der Waals surface area contributed by atoms with Gasteiger partial charge in [-0.15, -0.1) is 0 Å². The van der Waals surface area contributed by atoms with Crippen LogP contribution in [0, 0.1) is 0 Å². The van der Waals surface area contributed by atoms with E-state index >= 15 is 0 Å². The fourth-order valence-corrected chi connectivity index (χ4v) is 1.73. The third-order valence-corrected chi connectivity index (χ3v) is 2.67. The van der Waals surface area contributed by atoms with E-state index in [1.165, 1.54) is 0 Å². The third kappa shape index (κ3) is 1.95.